The number of rotatable bonds is 2. The first-order valence-electron chi connectivity index (χ1n) is 14.8. The Morgan fingerprint density at radius 3 is 2.25 bits per heavy atom. The fourth-order valence-corrected chi connectivity index (χ4v) is 11.2. The van der Waals surface area contributed by atoms with E-state index in [2.05, 4.69) is 54.5 Å². The number of carbonyl (C=O) groups excluding carboxylic acids is 1. The Bertz CT molecular complexity index is 981. The lowest BCUT2D eigenvalue weighted by molar-refractivity contribution is -0.214. The number of carboxylic acid groups (broad SMARTS) is 1. The van der Waals surface area contributed by atoms with Gasteiger partial charge in [0.1, 0.15) is 6.10 Å². The van der Waals surface area contributed by atoms with Gasteiger partial charge in [0.05, 0.1) is 5.41 Å². The molecule has 0 spiro atoms. The van der Waals surface area contributed by atoms with E-state index in [-0.39, 0.29) is 39.7 Å². The number of ether oxygens (including phenoxy) is 1. The highest BCUT2D eigenvalue weighted by Crippen LogP contribution is 2.75. The molecule has 0 aliphatic heterocycles. The van der Waals surface area contributed by atoms with E-state index in [0.29, 0.717) is 23.7 Å². The Kier molecular flexibility index (Phi) is 5.91. The van der Waals surface area contributed by atoms with Gasteiger partial charge in [-0.05, 0) is 104 Å². The fraction of sp³-hybridized carbons (Fsp3) is 0.875. The normalized spacial score (nSPS) is 51.5. The summed E-state index contributed by atoms with van der Waals surface area (Å²) in [6.07, 6.45) is 11.7. The summed E-state index contributed by atoms with van der Waals surface area (Å²) in [5.41, 5.74) is 1.30. The van der Waals surface area contributed by atoms with Gasteiger partial charge >= 0.3 is 11.9 Å². The second kappa shape index (κ2) is 8.09. The van der Waals surface area contributed by atoms with Gasteiger partial charge in [-0.1, -0.05) is 60.1 Å². The Balaban J connectivity index is 1.56. The maximum atomic E-state index is 12.9. The van der Waals surface area contributed by atoms with Gasteiger partial charge < -0.3 is 9.84 Å². The standard InChI is InChI=1S/C32H50O4/c1-19-11-16-32(27(34)35)18-17-30(7)22(26(32)20(19)2)9-10-24-29(6)14-13-25(36-21(3)33)28(4,5)23(29)12-15-31(24,30)8/h9,19-20,23-26H,10-18H2,1-8H3,(H,34,35)/t19-,20+,23+,24?,25+,26+,29+,30-,31-,32+/m1/s1. The third kappa shape index (κ3) is 3.17. The van der Waals surface area contributed by atoms with Crippen molar-refractivity contribution in [1.29, 1.82) is 0 Å². The highest BCUT2D eigenvalue weighted by Gasteiger charge is 2.69. The average Bonchev–Trinajstić information content (AvgIpc) is 2.78. The molecule has 4 nitrogen and oxygen atoms in total. The molecule has 5 aliphatic carbocycles. The van der Waals surface area contributed by atoms with E-state index < -0.39 is 11.4 Å². The van der Waals surface area contributed by atoms with Crippen LogP contribution in [0.4, 0.5) is 0 Å². The van der Waals surface area contributed by atoms with Crippen molar-refractivity contribution in [3.8, 4) is 0 Å². The number of allylic oxidation sites excluding steroid dienone is 2. The van der Waals surface area contributed by atoms with Gasteiger partial charge in [-0.25, -0.2) is 0 Å². The van der Waals surface area contributed by atoms with E-state index >= 15 is 0 Å². The lowest BCUT2D eigenvalue weighted by Crippen LogP contribution is -2.65. The van der Waals surface area contributed by atoms with Crippen molar-refractivity contribution in [2.75, 3.05) is 0 Å². The topological polar surface area (TPSA) is 63.6 Å². The minimum Gasteiger partial charge on any atom is -0.481 e. The number of carbonyl (C=O) groups is 2. The summed E-state index contributed by atoms with van der Waals surface area (Å²) in [6, 6.07) is 0. The number of hydrogen-bond donors (Lipinski definition) is 1. The van der Waals surface area contributed by atoms with Crippen LogP contribution in [0.5, 0.6) is 0 Å². The van der Waals surface area contributed by atoms with Gasteiger partial charge in [-0.2, -0.15) is 0 Å². The predicted molar refractivity (Wildman–Crippen MR) is 142 cm³/mol. The molecule has 5 rings (SSSR count). The molecule has 0 aromatic carbocycles. The van der Waals surface area contributed by atoms with Crippen LogP contribution in [-0.4, -0.2) is 23.1 Å². The summed E-state index contributed by atoms with van der Waals surface area (Å²) in [5, 5.41) is 10.6. The lowest BCUT2D eigenvalue weighted by atomic mass is 9.33. The summed E-state index contributed by atoms with van der Waals surface area (Å²) >= 11 is 0. The second-order valence-electron chi connectivity index (χ2n) is 15.1. The molecule has 0 aromatic rings. The summed E-state index contributed by atoms with van der Waals surface area (Å²) < 4.78 is 5.88. The minimum atomic E-state index is -0.578. The van der Waals surface area contributed by atoms with Crippen LogP contribution in [0.2, 0.25) is 0 Å². The van der Waals surface area contributed by atoms with Gasteiger partial charge in [-0.15, -0.1) is 0 Å². The number of aliphatic carboxylic acids is 1. The molecule has 4 heteroatoms. The Hall–Kier alpha value is -1.32. The van der Waals surface area contributed by atoms with Crippen molar-refractivity contribution in [3.05, 3.63) is 11.6 Å². The monoisotopic (exact) mass is 498 g/mol. The molecule has 0 aromatic heterocycles. The zero-order chi connectivity index (χ0) is 26.5. The largest absolute Gasteiger partial charge is 0.481 e. The van der Waals surface area contributed by atoms with Gasteiger partial charge in [0.2, 0.25) is 0 Å². The Morgan fingerprint density at radius 1 is 0.917 bits per heavy atom. The van der Waals surface area contributed by atoms with E-state index in [1.807, 2.05) is 0 Å². The number of esters is 1. The van der Waals surface area contributed by atoms with Crippen LogP contribution in [0.25, 0.3) is 0 Å². The van der Waals surface area contributed by atoms with E-state index in [9.17, 15) is 14.7 Å². The third-order valence-electron chi connectivity index (χ3n) is 13.7. The predicted octanol–water partition coefficient (Wildman–Crippen LogP) is 7.66. The molecule has 4 saturated carbocycles. The smallest absolute Gasteiger partial charge is 0.310 e. The molecule has 202 valence electrons. The third-order valence-corrected chi connectivity index (χ3v) is 13.7. The van der Waals surface area contributed by atoms with Gasteiger partial charge in [0, 0.05) is 12.3 Å². The maximum absolute atomic E-state index is 12.9. The lowest BCUT2D eigenvalue weighted by Gasteiger charge is -2.71. The van der Waals surface area contributed by atoms with Crippen molar-refractivity contribution in [1.82, 2.24) is 0 Å². The molecule has 36 heavy (non-hydrogen) atoms. The fourth-order valence-electron chi connectivity index (χ4n) is 11.2. The summed E-state index contributed by atoms with van der Waals surface area (Å²) in [4.78, 5) is 24.7. The van der Waals surface area contributed by atoms with Crippen molar-refractivity contribution < 1.29 is 19.4 Å². The summed E-state index contributed by atoms with van der Waals surface area (Å²) in [5.74, 6) is 1.53. The molecule has 0 bridgehead atoms. The molecular formula is C32H50O4. The van der Waals surface area contributed by atoms with Crippen molar-refractivity contribution in [2.24, 2.45) is 56.7 Å². The minimum absolute atomic E-state index is 0.00171. The molecule has 0 amide bonds. The Labute approximate surface area is 219 Å². The first-order chi connectivity index (χ1) is 16.6. The van der Waals surface area contributed by atoms with Gasteiger partial charge in [0.25, 0.3) is 0 Å². The first kappa shape index (κ1) is 26.3. The molecule has 0 saturated heterocycles. The van der Waals surface area contributed by atoms with E-state index in [0.717, 1.165) is 51.4 Å². The quantitative estimate of drug-likeness (QED) is 0.313. The zero-order valence-electron chi connectivity index (χ0n) is 24.1. The van der Waals surface area contributed by atoms with Crippen LogP contribution >= 0.6 is 0 Å². The van der Waals surface area contributed by atoms with E-state index in [4.69, 9.17) is 4.74 Å². The number of hydrogen-bond acceptors (Lipinski definition) is 3. The van der Waals surface area contributed by atoms with Crippen LogP contribution in [0.15, 0.2) is 11.6 Å². The van der Waals surface area contributed by atoms with Crippen molar-refractivity contribution in [2.45, 2.75) is 119 Å². The molecule has 1 N–H and O–H groups in total. The van der Waals surface area contributed by atoms with Gasteiger partial charge in [0.15, 0.2) is 0 Å². The highest BCUT2D eigenvalue weighted by atomic mass is 16.5. The second-order valence-corrected chi connectivity index (χ2v) is 15.1. The van der Waals surface area contributed by atoms with E-state index in [1.54, 1.807) is 6.92 Å². The molecule has 4 fully saturated rings. The van der Waals surface area contributed by atoms with Crippen molar-refractivity contribution in [3.63, 3.8) is 0 Å². The highest BCUT2D eigenvalue weighted by molar-refractivity contribution is 5.76. The van der Waals surface area contributed by atoms with E-state index in [1.165, 1.54) is 12.0 Å². The molecule has 0 heterocycles. The molecular weight excluding hydrogens is 448 g/mol. The van der Waals surface area contributed by atoms with Crippen LogP contribution < -0.4 is 0 Å². The van der Waals surface area contributed by atoms with Gasteiger partial charge in [-0.3, -0.25) is 9.59 Å². The van der Waals surface area contributed by atoms with Crippen LogP contribution in [-0.2, 0) is 14.3 Å². The zero-order valence-corrected chi connectivity index (χ0v) is 24.1. The molecule has 0 radical (unpaired) electrons. The Morgan fingerprint density at radius 2 is 1.61 bits per heavy atom. The summed E-state index contributed by atoms with van der Waals surface area (Å²) in [6.45, 7) is 18.5. The maximum Gasteiger partial charge on any atom is 0.310 e. The SMILES string of the molecule is CC(=O)O[C@H]1CC[C@]2(C)C3CC=C4[C@@H]5[C@@H](C)[C@H](C)CC[C@]5(C(=O)O)CC[C@@]4(C)[C@]3(C)CC[C@H]2C1(C)C. The van der Waals surface area contributed by atoms with Crippen molar-refractivity contribution >= 4 is 11.9 Å². The average molecular weight is 499 g/mol. The van der Waals surface area contributed by atoms with Crippen LogP contribution in [0.3, 0.4) is 0 Å². The van der Waals surface area contributed by atoms with Crippen LogP contribution in [0, 0.1) is 56.7 Å². The summed E-state index contributed by atoms with van der Waals surface area (Å²) in [7, 11) is 0. The molecule has 10 atom stereocenters. The molecule has 5 aliphatic rings. The number of fused-ring (bicyclic) bond motifs is 7. The molecule has 1 unspecified atom stereocenters. The first-order valence-corrected chi connectivity index (χ1v) is 14.8. The number of carboxylic acids is 1. The van der Waals surface area contributed by atoms with Crippen LogP contribution in [0.1, 0.15) is 113 Å².